The number of hydrogen-bond donors (Lipinski definition) is 2. The molecule has 1 aromatic rings. The zero-order valence-electron chi connectivity index (χ0n) is 7.46. The summed E-state index contributed by atoms with van der Waals surface area (Å²) in [4.78, 5) is 0. The molecule has 0 aromatic heterocycles. The first-order chi connectivity index (χ1) is 6.20. The Balaban J connectivity index is 3.08. The smallest absolute Gasteiger partial charge is 0.137 e. The Kier molecular flexibility index (Phi) is 3.54. The van der Waals surface area contributed by atoms with Crippen LogP contribution in [0.3, 0.4) is 0 Å². The summed E-state index contributed by atoms with van der Waals surface area (Å²) in [5.74, 6) is 0.628. The molecule has 0 spiro atoms. The van der Waals surface area contributed by atoms with E-state index in [0.29, 0.717) is 17.3 Å². The fraction of sp³-hybridized carbons (Fsp3) is 0.333. The van der Waals surface area contributed by atoms with Gasteiger partial charge < -0.3 is 16.2 Å². The van der Waals surface area contributed by atoms with E-state index in [1.54, 1.807) is 13.2 Å². The summed E-state index contributed by atoms with van der Waals surface area (Å²) in [6.07, 6.45) is 0. The third kappa shape index (κ3) is 2.12. The molecular weight excluding hydrogens is 188 g/mol. The Bertz CT molecular complexity index is 291. The van der Waals surface area contributed by atoms with Gasteiger partial charge >= 0.3 is 0 Å². The SMILES string of the molecule is COc1cccc([C@H](N)CN)c1Cl. The number of ether oxygens (including phenoxy) is 1. The van der Waals surface area contributed by atoms with Gasteiger partial charge in [-0.3, -0.25) is 0 Å². The van der Waals surface area contributed by atoms with Gasteiger partial charge in [0, 0.05) is 12.6 Å². The van der Waals surface area contributed by atoms with Gasteiger partial charge in [0.1, 0.15) is 5.75 Å². The van der Waals surface area contributed by atoms with Crippen molar-refractivity contribution in [1.29, 1.82) is 0 Å². The van der Waals surface area contributed by atoms with Gasteiger partial charge in [-0.2, -0.15) is 0 Å². The van der Waals surface area contributed by atoms with E-state index in [0.717, 1.165) is 5.56 Å². The molecule has 4 N–H and O–H groups in total. The summed E-state index contributed by atoms with van der Waals surface area (Å²) in [5, 5.41) is 0.544. The Hall–Kier alpha value is -0.770. The molecular formula is C9H13ClN2O. The van der Waals surface area contributed by atoms with Crippen molar-refractivity contribution in [3.63, 3.8) is 0 Å². The lowest BCUT2D eigenvalue weighted by atomic mass is 10.1. The fourth-order valence-corrected chi connectivity index (χ4v) is 1.44. The van der Waals surface area contributed by atoms with E-state index in [1.165, 1.54) is 0 Å². The number of nitrogens with two attached hydrogens (primary N) is 2. The minimum atomic E-state index is -0.234. The van der Waals surface area contributed by atoms with Crippen LogP contribution in [-0.2, 0) is 0 Å². The second-order valence-corrected chi connectivity index (χ2v) is 3.08. The molecule has 0 radical (unpaired) electrons. The van der Waals surface area contributed by atoms with Crippen molar-refractivity contribution in [3.05, 3.63) is 28.8 Å². The van der Waals surface area contributed by atoms with Crippen LogP contribution in [0.1, 0.15) is 11.6 Å². The molecule has 1 atom stereocenters. The predicted octanol–water partition coefficient (Wildman–Crippen LogP) is 1.31. The first kappa shape index (κ1) is 10.3. The average Bonchev–Trinajstić information content (AvgIpc) is 2.17. The molecule has 0 heterocycles. The van der Waals surface area contributed by atoms with E-state index in [4.69, 9.17) is 27.8 Å². The van der Waals surface area contributed by atoms with Crippen molar-refractivity contribution in [2.24, 2.45) is 11.5 Å². The van der Waals surface area contributed by atoms with Crippen LogP contribution < -0.4 is 16.2 Å². The lowest BCUT2D eigenvalue weighted by Crippen LogP contribution is -2.21. The molecule has 0 unspecified atom stereocenters. The van der Waals surface area contributed by atoms with Crippen LogP contribution in [0.4, 0.5) is 0 Å². The summed E-state index contributed by atoms with van der Waals surface area (Å²) in [6.45, 7) is 0.368. The van der Waals surface area contributed by atoms with Gasteiger partial charge in [0.25, 0.3) is 0 Å². The maximum Gasteiger partial charge on any atom is 0.137 e. The zero-order chi connectivity index (χ0) is 9.84. The van der Waals surface area contributed by atoms with Gasteiger partial charge in [-0.05, 0) is 11.6 Å². The molecule has 0 saturated carbocycles. The van der Waals surface area contributed by atoms with Crippen LogP contribution >= 0.6 is 11.6 Å². The summed E-state index contributed by atoms with van der Waals surface area (Å²) in [7, 11) is 1.57. The normalized spacial score (nSPS) is 12.6. The molecule has 1 aromatic carbocycles. The highest BCUT2D eigenvalue weighted by atomic mass is 35.5. The number of rotatable bonds is 3. The van der Waals surface area contributed by atoms with Gasteiger partial charge in [-0.15, -0.1) is 0 Å². The Morgan fingerprint density at radius 2 is 2.23 bits per heavy atom. The maximum atomic E-state index is 6.02. The van der Waals surface area contributed by atoms with Gasteiger partial charge in [-0.1, -0.05) is 23.7 Å². The lowest BCUT2D eigenvalue weighted by Gasteiger charge is -2.13. The summed E-state index contributed by atoms with van der Waals surface area (Å²) in [6, 6.07) is 5.25. The second kappa shape index (κ2) is 4.46. The molecule has 4 heteroatoms. The highest BCUT2D eigenvalue weighted by Gasteiger charge is 2.11. The topological polar surface area (TPSA) is 61.3 Å². The summed E-state index contributed by atoms with van der Waals surface area (Å²) >= 11 is 6.02. The largest absolute Gasteiger partial charge is 0.495 e. The molecule has 0 amide bonds. The molecule has 0 saturated heterocycles. The second-order valence-electron chi connectivity index (χ2n) is 2.71. The van der Waals surface area contributed by atoms with Crippen LogP contribution in [0.25, 0.3) is 0 Å². The number of methoxy groups -OCH3 is 1. The summed E-state index contributed by atoms with van der Waals surface area (Å²) in [5.41, 5.74) is 12.0. The Morgan fingerprint density at radius 1 is 1.54 bits per heavy atom. The number of benzene rings is 1. The Labute approximate surface area is 82.6 Å². The number of hydrogen-bond acceptors (Lipinski definition) is 3. The predicted molar refractivity (Wildman–Crippen MR) is 54.0 cm³/mol. The monoisotopic (exact) mass is 200 g/mol. The third-order valence-electron chi connectivity index (χ3n) is 1.87. The average molecular weight is 201 g/mol. The minimum absolute atomic E-state index is 0.234. The lowest BCUT2D eigenvalue weighted by molar-refractivity contribution is 0.414. The van der Waals surface area contributed by atoms with Crippen molar-refractivity contribution in [2.75, 3.05) is 13.7 Å². The quantitative estimate of drug-likeness (QED) is 0.774. The molecule has 0 fully saturated rings. The van der Waals surface area contributed by atoms with Crippen LogP contribution in [-0.4, -0.2) is 13.7 Å². The molecule has 0 aliphatic carbocycles. The molecule has 0 aliphatic rings. The van der Waals surface area contributed by atoms with Crippen LogP contribution in [0, 0.1) is 0 Å². The van der Waals surface area contributed by atoms with Crippen molar-refractivity contribution < 1.29 is 4.74 Å². The number of halogens is 1. The minimum Gasteiger partial charge on any atom is -0.495 e. The molecule has 0 aliphatic heterocycles. The van der Waals surface area contributed by atoms with Crippen molar-refractivity contribution in [3.8, 4) is 5.75 Å². The highest BCUT2D eigenvalue weighted by molar-refractivity contribution is 6.32. The molecule has 13 heavy (non-hydrogen) atoms. The van der Waals surface area contributed by atoms with Gasteiger partial charge in [-0.25, -0.2) is 0 Å². The van der Waals surface area contributed by atoms with Crippen molar-refractivity contribution in [2.45, 2.75) is 6.04 Å². The Morgan fingerprint density at radius 3 is 2.77 bits per heavy atom. The molecule has 1 rings (SSSR count). The standard InChI is InChI=1S/C9H13ClN2O/c1-13-8-4-2-3-6(9(8)10)7(12)5-11/h2-4,7H,5,11-12H2,1H3/t7-/m1/s1. The first-order valence-corrected chi connectivity index (χ1v) is 4.36. The maximum absolute atomic E-state index is 6.02. The molecule has 0 bridgehead atoms. The highest BCUT2D eigenvalue weighted by Crippen LogP contribution is 2.30. The third-order valence-corrected chi connectivity index (χ3v) is 2.27. The van der Waals surface area contributed by atoms with Crippen LogP contribution in [0.2, 0.25) is 5.02 Å². The van der Waals surface area contributed by atoms with Crippen molar-refractivity contribution >= 4 is 11.6 Å². The summed E-state index contributed by atoms with van der Waals surface area (Å²) < 4.78 is 5.05. The molecule has 72 valence electrons. The van der Waals surface area contributed by atoms with E-state index in [2.05, 4.69) is 0 Å². The van der Waals surface area contributed by atoms with Crippen LogP contribution in [0.5, 0.6) is 5.75 Å². The van der Waals surface area contributed by atoms with Gasteiger partial charge in [0.05, 0.1) is 12.1 Å². The van der Waals surface area contributed by atoms with Gasteiger partial charge in [0.2, 0.25) is 0 Å². The van der Waals surface area contributed by atoms with E-state index in [1.807, 2.05) is 12.1 Å². The van der Waals surface area contributed by atoms with E-state index in [-0.39, 0.29) is 6.04 Å². The van der Waals surface area contributed by atoms with Gasteiger partial charge in [0.15, 0.2) is 0 Å². The first-order valence-electron chi connectivity index (χ1n) is 3.98. The molecule has 3 nitrogen and oxygen atoms in total. The van der Waals surface area contributed by atoms with E-state index in [9.17, 15) is 0 Å². The van der Waals surface area contributed by atoms with Crippen LogP contribution in [0.15, 0.2) is 18.2 Å². The van der Waals surface area contributed by atoms with Crippen molar-refractivity contribution in [1.82, 2.24) is 0 Å². The van der Waals surface area contributed by atoms with E-state index < -0.39 is 0 Å². The zero-order valence-corrected chi connectivity index (χ0v) is 8.21. The van der Waals surface area contributed by atoms with E-state index >= 15 is 0 Å². The fourth-order valence-electron chi connectivity index (χ4n) is 1.10.